The Labute approximate surface area is 139 Å². The van der Waals surface area contributed by atoms with Crippen LogP contribution in [0.4, 0.5) is 11.5 Å². The van der Waals surface area contributed by atoms with Gasteiger partial charge >= 0.3 is 0 Å². The molecule has 2 aromatic heterocycles. The second-order valence-corrected chi connectivity index (χ2v) is 6.14. The number of nitrogens with one attached hydrogen (secondary N) is 1. The first-order valence-electron chi connectivity index (χ1n) is 6.65. The van der Waals surface area contributed by atoms with Gasteiger partial charge in [0.15, 0.2) is 5.82 Å². The molecule has 1 N–H and O–H groups in total. The van der Waals surface area contributed by atoms with E-state index in [1.165, 1.54) is 0 Å². The molecule has 0 spiro atoms. The number of imidazole rings is 1. The maximum absolute atomic E-state index is 6.09. The third kappa shape index (κ3) is 2.23. The van der Waals surface area contributed by atoms with Crippen molar-refractivity contribution in [2.45, 2.75) is 0 Å². The minimum atomic E-state index is 0.677. The number of halogens is 2. The first-order valence-corrected chi connectivity index (χ1v) is 7.82. The molecule has 0 atom stereocenters. The molecule has 2 heterocycles. The van der Waals surface area contributed by atoms with Gasteiger partial charge < -0.3 is 5.32 Å². The van der Waals surface area contributed by atoms with Crippen molar-refractivity contribution in [2.24, 2.45) is 0 Å². The van der Waals surface area contributed by atoms with Crippen LogP contribution in [-0.4, -0.2) is 14.4 Å². The molecular weight excluding hydrogens is 364 g/mol. The lowest BCUT2D eigenvalue weighted by Crippen LogP contribution is -1.99. The van der Waals surface area contributed by atoms with Crippen LogP contribution in [0.25, 0.3) is 16.6 Å². The Balaban J connectivity index is 1.95. The maximum Gasteiger partial charge on any atom is 0.157 e. The zero-order valence-corrected chi connectivity index (χ0v) is 13.6. The molecule has 0 amide bonds. The Hall–Kier alpha value is -2.11. The molecule has 22 heavy (non-hydrogen) atoms. The predicted octanol–water partition coefficient (Wildman–Crippen LogP) is 5.04. The van der Waals surface area contributed by atoms with Crippen LogP contribution in [0.3, 0.4) is 0 Å². The molecule has 0 aliphatic heterocycles. The molecule has 4 aromatic rings. The lowest BCUT2D eigenvalue weighted by atomic mass is 10.3. The van der Waals surface area contributed by atoms with Gasteiger partial charge in [0.05, 0.1) is 29.2 Å². The van der Waals surface area contributed by atoms with Gasteiger partial charge in [-0.3, -0.25) is 4.40 Å². The molecular formula is C16H10BrClN4. The number of fused-ring (bicyclic) bond motifs is 3. The van der Waals surface area contributed by atoms with Crippen molar-refractivity contribution in [1.29, 1.82) is 0 Å². The topological polar surface area (TPSA) is 42.2 Å². The van der Waals surface area contributed by atoms with Crippen LogP contribution in [0.1, 0.15) is 0 Å². The predicted molar refractivity (Wildman–Crippen MR) is 92.9 cm³/mol. The lowest BCUT2D eigenvalue weighted by Gasteiger charge is -2.11. The normalized spacial score (nSPS) is 11.2. The molecule has 6 heteroatoms. The van der Waals surface area contributed by atoms with Crippen molar-refractivity contribution in [3.63, 3.8) is 0 Å². The smallest absolute Gasteiger partial charge is 0.157 e. The van der Waals surface area contributed by atoms with Crippen LogP contribution in [0.2, 0.25) is 5.02 Å². The van der Waals surface area contributed by atoms with E-state index in [9.17, 15) is 0 Å². The molecule has 0 aliphatic rings. The fraction of sp³-hybridized carbons (Fsp3) is 0. The number of hydrogen-bond donors (Lipinski definition) is 1. The summed E-state index contributed by atoms with van der Waals surface area (Å²) >= 11 is 9.63. The van der Waals surface area contributed by atoms with Gasteiger partial charge in [-0.1, -0.05) is 23.7 Å². The summed E-state index contributed by atoms with van der Waals surface area (Å²) in [7, 11) is 0. The first kappa shape index (κ1) is 13.5. The standard InChI is InChI=1S/C16H10BrClN4/c17-11-3-1-2-4-12(11)20-16-15-8-19-9-22(15)14-7-10(18)5-6-13(14)21-16/h1-9H,(H,20,21). The number of benzene rings is 2. The van der Waals surface area contributed by atoms with Crippen LogP contribution >= 0.6 is 27.5 Å². The Kier molecular flexibility index (Phi) is 3.24. The summed E-state index contributed by atoms with van der Waals surface area (Å²) < 4.78 is 2.96. The molecule has 0 saturated heterocycles. The summed E-state index contributed by atoms with van der Waals surface area (Å²) in [5.41, 5.74) is 3.62. The van der Waals surface area contributed by atoms with Gasteiger partial charge in [0.2, 0.25) is 0 Å². The van der Waals surface area contributed by atoms with Crippen molar-refractivity contribution in [3.05, 3.63) is 64.5 Å². The van der Waals surface area contributed by atoms with Gasteiger partial charge in [-0.15, -0.1) is 0 Å². The Morgan fingerprint density at radius 1 is 1.09 bits per heavy atom. The van der Waals surface area contributed by atoms with Crippen LogP contribution < -0.4 is 5.32 Å². The summed E-state index contributed by atoms with van der Waals surface area (Å²) in [6.45, 7) is 0. The van der Waals surface area contributed by atoms with Crippen molar-refractivity contribution in [1.82, 2.24) is 14.4 Å². The highest BCUT2D eigenvalue weighted by Gasteiger charge is 2.10. The second kappa shape index (κ2) is 5.26. The molecule has 0 aliphatic carbocycles. The number of rotatable bonds is 2. The highest BCUT2D eigenvalue weighted by molar-refractivity contribution is 9.10. The Morgan fingerprint density at radius 3 is 2.82 bits per heavy atom. The largest absolute Gasteiger partial charge is 0.337 e. The van der Waals surface area contributed by atoms with Gasteiger partial charge in [-0.2, -0.15) is 0 Å². The molecule has 0 fully saturated rings. The SMILES string of the molecule is Clc1ccc2nc(Nc3ccccc3Br)c3cncn3c2c1. The summed E-state index contributed by atoms with van der Waals surface area (Å²) in [6, 6.07) is 13.5. The van der Waals surface area contributed by atoms with Crippen molar-refractivity contribution < 1.29 is 0 Å². The maximum atomic E-state index is 6.09. The van der Waals surface area contributed by atoms with E-state index < -0.39 is 0 Å². The summed E-state index contributed by atoms with van der Waals surface area (Å²) in [5.74, 6) is 0.749. The average Bonchev–Trinajstić information content (AvgIpc) is 3.00. The number of anilines is 2. The van der Waals surface area contributed by atoms with Gasteiger partial charge in [-0.05, 0) is 46.3 Å². The van der Waals surface area contributed by atoms with E-state index in [2.05, 4.69) is 26.2 Å². The van der Waals surface area contributed by atoms with Crippen LogP contribution in [0, 0.1) is 0 Å². The van der Waals surface area contributed by atoms with E-state index in [-0.39, 0.29) is 0 Å². The molecule has 0 bridgehead atoms. The van der Waals surface area contributed by atoms with Gasteiger partial charge in [0.25, 0.3) is 0 Å². The summed E-state index contributed by atoms with van der Waals surface area (Å²) in [4.78, 5) is 8.94. The summed E-state index contributed by atoms with van der Waals surface area (Å²) in [5, 5.41) is 4.03. The van der Waals surface area contributed by atoms with Gasteiger partial charge in [0, 0.05) is 9.50 Å². The third-order valence-electron chi connectivity index (χ3n) is 3.44. The quantitative estimate of drug-likeness (QED) is 0.535. The number of hydrogen-bond acceptors (Lipinski definition) is 3. The zero-order chi connectivity index (χ0) is 15.1. The third-order valence-corrected chi connectivity index (χ3v) is 4.36. The summed E-state index contributed by atoms with van der Waals surface area (Å²) in [6.07, 6.45) is 3.55. The molecule has 108 valence electrons. The van der Waals surface area contributed by atoms with E-state index in [0.717, 1.165) is 32.5 Å². The van der Waals surface area contributed by atoms with Crippen molar-refractivity contribution in [3.8, 4) is 0 Å². The first-order chi connectivity index (χ1) is 10.7. The van der Waals surface area contributed by atoms with Crippen molar-refractivity contribution in [2.75, 3.05) is 5.32 Å². The van der Waals surface area contributed by atoms with Crippen molar-refractivity contribution >= 4 is 55.6 Å². The second-order valence-electron chi connectivity index (χ2n) is 4.85. The van der Waals surface area contributed by atoms with Crippen LogP contribution in [-0.2, 0) is 0 Å². The fourth-order valence-electron chi connectivity index (χ4n) is 2.41. The molecule has 0 unspecified atom stereocenters. The minimum absolute atomic E-state index is 0.677. The van der Waals surface area contributed by atoms with Crippen LogP contribution in [0.15, 0.2) is 59.5 Å². The average molecular weight is 374 g/mol. The zero-order valence-electron chi connectivity index (χ0n) is 11.3. The molecule has 4 rings (SSSR count). The number of nitrogens with zero attached hydrogens (tertiary/aromatic N) is 3. The fourth-order valence-corrected chi connectivity index (χ4v) is 2.96. The minimum Gasteiger partial charge on any atom is -0.337 e. The van der Waals surface area contributed by atoms with Crippen LogP contribution in [0.5, 0.6) is 0 Å². The van der Waals surface area contributed by atoms with E-state index in [1.54, 1.807) is 12.5 Å². The van der Waals surface area contributed by atoms with E-state index in [1.807, 2.05) is 46.9 Å². The highest BCUT2D eigenvalue weighted by Crippen LogP contribution is 2.29. The molecule has 2 aromatic carbocycles. The molecule has 0 saturated carbocycles. The van der Waals surface area contributed by atoms with E-state index in [4.69, 9.17) is 16.6 Å². The van der Waals surface area contributed by atoms with E-state index in [0.29, 0.717) is 5.02 Å². The monoisotopic (exact) mass is 372 g/mol. The Morgan fingerprint density at radius 2 is 1.95 bits per heavy atom. The van der Waals surface area contributed by atoms with E-state index >= 15 is 0 Å². The Bertz CT molecular complexity index is 996. The molecule has 0 radical (unpaired) electrons. The lowest BCUT2D eigenvalue weighted by molar-refractivity contribution is 1.19. The van der Waals surface area contributed by atoms with Gasteiger partial charge in [0.1, 0.15) is 5.52 Å². The number of aromatic nitrogens is 3. The number of para-hydroxylation sites is 1. The van der Waals surface area contributed by atoms with Gasteiger partial charge in [-0.25, -0.2) is 9.97 Å². The highest BCUT2D eigenvalue weighted by atomic mass is 79.9. The molecule has 4 nitrogen and oxygen atoms in total.